The smallest absolute Gasteiger partial charge is 0.329 e. The lowest BCUT2D eigenvalue weighted by Crippen LogP contribution is -2.59. The summed E-state index contributed by atoms with van der Waals surface area (Å²) in [6.45, 7) is 7.29. The Labute approximate surface area is 119 Å². The average molecular weight is 284 g/mol. The monoisotopic (exact) mass is 284 g/mol. The zero-order valence-corrected chi connectivity index (χ0v) is 12.5. The summed E-state index contributed by atoms with van der Waals surface area (Å²) in [4.78, 5) is 27.6. The molecule has 1 N–H and O–H groups in total. The number of ether oxygens (including phenoxy) is 1. The summed E-state index contributed by atoms with van der Waals surface area (Å²) in [6, 6.07) is -0.159. The van der Waals surface area contributed by atoms with Gasteiger partial charge in [0.25, 0.3) is 0 Å². The van der Waals surface area contributed by atoms with Gasteiger partial charge in [-0.2, -0.15) is 0 Å². The Bertz CT molecular complexity index is 391. The summed E-state index contributed by atoms with van der Waals surface area (Å²) in [6.07, 6.45) is 1.72. The van der Waals surface area contributed by atoms with Gasteiger partial charge >= 0.3 is 12.0 Å². The first-order valence-electron chi connectivity index (χ1n) is 7.36. The van der Waals surface area contributed by atoms with Crippen molar-refractivity contribution >= 4 is 12.0 Å². The minimum Gasteiger partial charge on any atom is -0.479 e. The number of hydrogen-bond donors (Lipinski definition) is 1. The molecule has 0 aliphatic carbocycles. The molecule has 2 rings (SSSR count). The molecule has 20 heavy (non-hydrogen) atoms. The molecule has 2 amide bonds. The van der Waals surface area contributed by atoms with Crippen molar-refractivity contribution in [3.8, 4) is 0 Å². The van der Waals surface area contributed by atoms with E-state index in [4.69, 9.17) is 4.74 Å². The topological polar surface area (TPSA) is 70.1 Å². The molecule has 3 atom stereocenters. The van der Waals surface area contributed by atoms with Crippen LogP contribution in [0.2, 0.25) is 0 Å². The first-order chi connectivity index (χ1) is 9.40. The maximum Gasteiger partial charge on any atom is 0.329 e. The first-order valence-corrected chi connectivity index (χ1v) is 7.36. The Kier molecular flexibility index (Phi) is 4.22. The molecule has 0 aromatic heterocycles. The second-order valence-corrected chi connectivity index (χ2v) is 5.89. The third-order valence-electron chi connectivity index (χ3n) is 4.39. The minimum atomic E-state index is -1.03. The lowest BCUT2D eigenvalue weighted by atomic mass is 9.93. The molecule has 2 saturated heterocycles. The number of rotatable bonds is 2. The third-order valence-corrected chi connectivity index (χ3v) is 4.39. The van der Waals surface area contributed by atoms with E-state index in [1.165, 1.54) is 0 Å². The lowest BCUT2D eigenvalue weighted by molar-refractivity contribution is -0.149. The quantitative estimate of drug-likeness (QED) is 0.835. The van der Waals surface area contributed by atoms with Crippen LogP contribution in [0, 0.1) is 0 Å². The molecule has 6 nitrogen and oxygen atoms in total. The number of carbonyl (C=O) groups is 2. The predicted octanol–water partition coefficient (Wildman–Crippen LogP) is 1.54. The third kappa shape index (κ3) is 2.49. The van der Waals surface area contributed by atoms with Crippen molar-refractivity contribution < 1.29 is 19.4 Å². The van der Waals surface area contributed by atoms with Crippen LogP contribution in [-0.4, -0.2) is 64.3 Å². The van der Waals surface area contributed by atoms with Crippen LogP contribution in [0.4, 0.5) is 4.79 Å². The van der Waals surface area contributed by atoms with Crippen LogP contribution in [0.5, 0.6) is 0 Å². The molecule has 0 aromatic rings. The van der Waals surface area contributed by atoms with Crippen LogP contribution in [-0.2, 0) is 9.53 Å². The molecule has 2 aliphatic rings. The van der Waals surface area contributed by atoms with Crippen LogP contribution >= 0.6 is 0 Å². The summed E-state index contributed by atoms with van der Waals surface area (Å²) < 4.78 is 5.63. The molecule has 2 aliphatic heterocycles. The molecule has 3 unspecified atom stereocenters. The first kappa shape index (κ1) is 15.1. The van der Waals surface area contributed by atoms with Crippen LogP contribution in [0.15, 0.2) is 0 Å². The van der Waals surface area contributed by atoms with Gasteiger partial charge in [-0.15, -0.1) is 0 Å². The lowest BCUT2D eigenvalue weighted by Gasteiger charge is -2.41. The second-order valence-electron chi connectivity index (χ2n) is 5.89. The van der Waals surface area contributed by atoms with E-state index in [1.54, 1.807) is 9.80 Å². The van der Waals surface area contributed by atoms with Crippen molar-refractivity contribution in [2.45, 2.75) is 57.8 Å². The normalized spacial score (nSPS) is 34.4. The fourth-order valence-corrected chi connectivity index (χ4v) is 3.40. The Morgan fingerprint density at radius 1 is 1.30 bits per heavy atom. The van der Waals surface area contributed by atoms with Crippen LogP contribution in [0.25, 0.3) is 0 Å². The highest BCUT2D eigenvalue weighted by molar-refractivity contribution is 5.87. The van der Waals surface area contributed by atoms with Crippen molar-refractivity contribution in [1.29, 1.82) is 0 Å². The standard InChI is InChI=1S/C14H24N2O4/c1-4-14(12(17)18)6-5-7-16(14)13(19)15-8-10(2)20-11(3)9-15/h10-11H,4-9H2,1-3H3,(H,17,18). The van der Waals surface area contributed by atoms with Crippen LogP contribution in [0.1, 0.15) is 40.0 Å². The summed E-state index contributed by atoms with van der Waals surface area (Å²) in [7, 11) is 0. The number of urea groups is 1. The number of carbonyl (C=O) groups excluding carboxylic acids is 1. The average Bonchev–Trinajstić information content (AvgIpc) is 2.81. The van der Waals surface area contributed by atoms with E-state index >= 15 is 0 Å². The molecule has 0 aromatic carbocycles. The summed E-state index contributed by atoms with van der Waals surface area (Å²) in [5.74, 6) is -0.889. The van der Waals surface area contributed by atoms with Gasteiger partial charge in [-0.1, -0.05) is 6.92 Å². The molecule has 0 radical (unpaired) electrons. The van der Waals surface area contributed by atoms with E-state index in [0.29, 0.717) is 32.5 Å². The largest absolute Gasteiger partial charge is 0.479 e. The van der Waals surface area contributed by atoms with Gasteiger partial charge in [-0.25, -0.2) is 9.59 Å². The van der Waals surface area contributed by atoms with Crippen LogP contribution in [0.3, 0.4) is 0 Å². The molecule has 0 spiro atoms. The summed E-state index contributed by atoms with van der Waals surface area (Å²) in [5, 5.41) is 9.55. The number of morpholine rings is 1. The fraction of sp³-hybridized carbons (Fsp3) is 0.857. The number of carboxylic acid groups (broad SMARTS) is 1. The number of hydrogen-bond acceptors (Lipinski definition) is 3. The van der Waals surface area contributed by atoms with Gasteiger partial charge in [0.15, 0.2) is 0 Å². The maximum absolute atomic E-state index is 12.7. The van der Waals surface area contributed by atoms with E-state index in [9.17, 15) is 14.7 Å². The van der Waals surface area contributed by atoms with Crippen molar-refractivity contribution in [2.75, 3.05) is 19.6 Å². The van der Waals surface area contributed by atoms with Crippen molar-refractivity contribution in [3.63, 3.8) is 0 Å². The van der Waals surface area contributed by atoms with E-state index in [2.05, 4.69) is 0 Å². The Balaban J connectivity index is 2.17. The summed E-state index contributed by atoms with van der Waals surface area (Å²) >= 11 is 0. The Morgan fingerprint density at radius 3 is 2.40 bits per heavy atom. The van der Waals surface area contributed by atoms with Gasteiger partial charge in [-0.05, 0) is 33.1 Å². The number of carboxylic acids is 1. The number of amides is 2. The highest BCUT2D eigenvalue weighted by atomic mass is 16.5. The Morgan fingerprint density at radius 2 is 1.90 bits per heavy atom. The number of likely N-dealkylation sites (tertiary alicyclic amines) is 1. The Hall–Kier alpha value is -1.30. The van der Waals surface area contributed by atoms with Crippen molar-refractivity contribution in [3.05, 3.63) is 0 Å². The van der Waals surface area contributed by atoms with Gasteiger partial charge in [0.2, 0.25) is 0 Å². The minimum absolute atomic E-state index is 0.00819. The van der Waals surface area contributed by atoms with E-state index in [1.807, 2.05) is 20.8 Å². The van der Waals surface area contributed by atoms with Gasteiger partial charge < -0.3 is 19.6 Å². The zero-order valence-electron chi connectivity index (χ0n) is 12.5. The van der Waals surface area contributed by atoms with Crippen LogP contribution < -0.4 is 0 Å². The maximum atomic E-state index is 12.7. The SMILES string of the molecule is CCC1(C(=O)O)CCCN1C(=O)N1CC(C)OC(C)C1. The highest BCUT2D eigenvalue weighted by Gasteiger charge is 2.50. The fourth-order valence-electron chi connectivity index (χ4n) is 3.40. The molecule has 2 heterocycles. The van der Waals surface area contributed by atoms with Crippen molar-refractivity contribution in [2.24, 2.45) is 0 Å². The highest BCUT2D eigenvalue weighted by Crippen LogP contribution is 2.34. The number of nitrogens with zero attached hydrogens (tertiary/aromatic N) is 2. The molecule has 6 heteroatoms. The predicted molar refractivity (Wildman–Crippen MR) is 73.6 cm³/mol. The number of aliphatic carboxylic acids is 1. The zero-order chi connectivity index (χ0) is 14.9. The van der Waals surface area contributed by atoms with Gasteiger partial charge in [0, 0.05) is 19.6 Å². The molecule has 2 fully saturated rings. The molecule has 0 saturated carbocycles. The van der Waals surface area contributed by atoms with Gasteiger partial charge in [0.05, 0.1) is 12.2 Å². The van der Waals surface area contributed by atoms with Crippen molar-refractivity contribution in [1.82, 2.24) is 9.80 Å². The molecular weight excluding hydrogens is 260 g/mol. The van der Waals surface area contributed by atoms with E-state index in [-0.39, 0.29) is 18.2 Å². The van der Waals surface area contributed by atoms with Gasteiger partial charge in [0.1, 0.15) is 5.54 Å². The second kappa shape index (κ2) is 5.60. The molecule has 0 bridgehead atoms. The van der Waals surface area contributed by atoms with Gasteiger partial charge in [-0.3, -0.25) is 0 Å². The summed E-state index contributed by atoms with van der Waals surface area (Å²) in [5.41, 5.74) is -1.03. The van der Waals surface area contributed by atoms with E-state index in [0.717, 1.165) is 6.42 Å². The molecular formula is C14H24N2O4. The molecule has 114 valence electrons. The van der Waals surface area contributed by atoms with E-state index < -0.39 is 11.5 Å².